The molecule has 2 N–H and O–H groups in total. The molecule has 0 aliphatic heterocycles. The number of rotatable bonds is 9. The predicted molar refractivity (Wildman–Crippen MR) is 115 cm³/mol. The van der Waals surface area contributed by atoms with Crippen molar-refractivity contribution < 1.29 is 9.59 Å². The molecule has 0 saturated carbocycles. The van der Waals surface area contributed by atoms with Crippen LogP contribution in [0.15, 0.2) is 60.3 Å². The Bertz CT molecular complexity index is 846. The van der Waals surface area contributed by atoms with E-state index in [-0.39, 0.29) is 17.5 Å². The largest absolute Gasteiger partial charge is 0.352 e. The van der Waals surface area contributed by atoms with Crippen LogP contribution in [0.4, 0.5) is 0 Å². The molecule has 0 bridgehead atoms. The van der Waals surface area contributed by atoms with Gasteiger partial charge in [-0.15, -0.1) is 0 Å². The van der Waals surface area contributed by atoms with E-state index in [9.17, 15) is 9.59 Å². The van der Waals surface area contributed by atoms with Crippen molar-refractivity contribution >= 4 is 11.8 Å². The minimum absolute atomic E-state index is 0.179. The summed E-state index contributed by atoms with van der Waals surface area (Å²) in [5.74, 6) is -0.415. The van der Waals surface area contributed by atoms with E-state index in [4.69, 9.17) is 0 Å². The van der Waals surface area contributed by atoms with Crippen molar-refractivity contribution in [3.05, 3.63) is 77.1 Å². The fourth-order valence-corrected chi connectivity index (χ4v) is 3.50. The number of hydrogen-bond acceptors (Lipinski definition) is 3. The lowest BCUT2D eigenvalue weighted by atomic mass is 9.97. The van der Waals surface area contributed by atoms with Crippen LogP contribution in [0.25, 0.3) is 0 Å². The van der Waals surface area contributed by atoms with Crippen LogP contribution in [0.2, 0.25) is 0 Å². The smallest absolute Gasteiger partial charge is 0.269 e. The summed E-state index contributed by atoms with van der Waals surface area (Å²) in [4.78, 5) is 28.8. The SMILES string of the molecule is O=C(NCCCc1ccccc1)c1ccnc(C(=O)NCCC2=CCCCC2)c1. The monoisotopic (exact) mass is 391 g/mol. The molecule has 3 rings (SSSR count). The maximum atomic E-state index is 12.4. The number of aromatic nitrogens is 1. The maximum Gasteiger partial charge on any atom is 0.269 e. The van der Waals surface area contributed by atoms with Crippen molar-refractivity contribution in [3.63, 3.8) is 0 Å². The molecule has 0 atom stereocenters. The van der Waals surface area contributed by atoms with Gasteiger partial charge in [-0.05, 0) is 62.6 Å². The van der Waals surface area contributed by atoms with Crippen LogP contribution in [-0.2, 0) is 6.42 Å². The molecule has 0 spiro atoms. The Morgan fingerprint density at radius 2 is 1.76 bits per heavy atom. The van der Waals surface area contributed by atoms with E-state index in [0.717, 1.165) is 32.1 Å². The average molecular weight is 392 g/mol. The van der Waals surface area contributed by atoms with Gasteiger partial charge in [-0.2, -0.15) is 0 Å². The van der Waals surface area contributed by atoms with E-state index >= 15 is 0 Å². The lowest BCUT2D eigenvalue weighted by molar-refractivity contribution is 0.0949. The second kappa shape index (κ2) is 11.1. The highest BCUT2D eigenvalue weighted by Crippen LogP contribution is 2.19. The van der Waals surface area contributed by atoms with E-state index in [1.807, 2.05) is 18.2 Å². The first-order chi connectivity index (χ1) is 14.2. The molecule has 1 heterocycles. The summed E-state index contributed by atoms with van der Waals surface area (Å²) in [7, 11) is 0. The van der Waals surface area contributed by atoms with Crippen LogP contribution < -0.4 is 10.6 Å². The third kappa shape index (κ3) is 6.86. The number of carbonyl (C=O) groups is 2. The van der Waals surface area contributed by atoms with Crippen molar-refractivity contribution in [1.82, 2.24) is 15.6 Å². The Balaban J connectivity index is 1.43. The van der Waals surface area contributed by atoms with Crippen LogP contribution in [0, 0.1) is 0 Å². The molecular formula is C24H29N3O2. The third-order valence-corrected chi connectivity index (χ3v) is 5.14. The molecular weight excluding hydrogens is 362 g/mol. The minimum atomic E-state index is -0.236. The fourth-order valence-electron chi connectivity index (χ4n) is 3.50. The Hall–Kier alpha value is -2.95. The highest BCUT2D eigenvalue weighted by atomic mass is 16.2. The Labute approximate surface area is 172 Å². The number of hydrogen-bond donors (Lipinski definition) is 2. The Morgan fingerprint density at radius 3 is 2.55 bits per heavy atom. The van der Waals surface area contributed by atoms with Gasteiger partial charge < -0.3 is 10.6 Å². The van der Waals surface area contributed by atoms with Crippen LogP contribution >= 0.6 is 0 Å². The van der Waals surface area contributed by atoms with Crippen LogP contribution in [0.5, 0.6) is 0 Å². The molecule has 0 saturated heterocycles. The van der Waals surface area contributed by atoms with E-state index in [0.29, 0.717) is 18.7 Å². The first-order valence-corrected chi connectivity index (χ1v) is 10.5. The molecule has 1 aliphatic carbocycles. The van der Waals surface area contributed by atoms with Crippen LogP contribution in [0.3, 0.4) is 0 Å². The Kier molecular flexibility index (Phi) is 7.99. The van der Waals surface area contributed by atoms with Gasteiger partial charge >= 0.3 is 0 Å². The molecule has 0 fully saturated rings. The van der Waals surface area contributed by atoms with Crippen molar-refractivity contribution in [1.29, 1.82) is 0 Å². The first-order valence-electron chi connectivity index (χ1n) is 10.5. The second-order valence-corrected chi connectivity index (χ2v) is 7.39. The summed E-state index contributed by atoms with van der Waals surface area (Å²) >= 11 is 0. The fraction of sp³-hybridized carbons (Fsp3) is 0.375. The minimum Gasteiger partial charge on any atom is -0.352 e. The van der Waals surface area contributed by atoms with E-state index < -0.39 is 0 Å². The predicted octanol–water partition coefficient (Wildman–Crippen LogP) is 4.06. The number of nitrogens with one attached hydrogen (secondary N) is 2. The zero-order valence-electron chi connectivity index (χ0n) is 16.8. The third-order valence-electron chi connectivity index (χ3n) is 5.14. The van der Waals surface area contributed by atoms with Gasteiger partial charge in [-0.3, -0.25) is 14.6 Å². The molecule has 5 heteroatoms. The maximum absolute atomic E-state index is 12.4. The summed E-state index contributed by atoms with van der Waals surface area (Å²) in [6.07, 6.45) is 11.2. The molecule has 1 aliphatic rings. The molecule has 0 radical (unpaired) electrons. The summed E-state index contributed by atoms with van der Waals surface area (Å²) in [6.45, 7) is 1.19. The average Bonchev–Trinajstić information content (AvgIpc) is 2.78. The number of pyridine rings is 1. The van der Waals surface area contributed by atoms with Crippen LogP contribution in [0.1, 0.15) is 64.9 Å². The highest BCUT2D eigenvalue weighted by molar-refractivity contribution is 5.98. The number of allylic oxidation sites excluding steroid dienone is 1. The van der Waals surface area contributed by atoms with Gasteiger partial charge in [-0.1, -0.05) is 42.0 Å². The number of benzene rings is 1. The number of carbonyl (C=O) groups excluding carboxylic acids is 2. The van der Waals surface area contributed by atoms with Gasteiger partial charge in [0.05, 0.1) is 0 Å². The zero-order valence-corrected chi connectivity index (χ0v) is 16.8. The summed E-state index contributed by atoms with van der Waals surface area (Å²) in [5, 5.41) is 5.82. The number of aryl methyl sites for hydroxylation is 1. The summed E-state index contributed by atoms with van der Waals surface area (Å²) < 4.78 is 0. The topological polar surface area (TPSA) is 71.1 Å². The summed E-state index contributed by atoms with van der Waals surface area (Å²) in [5.41, 5.74) is 3.42. The summed E-state index contributed by atoms with van der Waals surface area (Å²) in [6, 6.07) is 13.4. The molecule has 2 aromatic rings. The van der Waals surface area contributed by atoms with Gasteiger partial charge in [0.25, 0.3) is 11.8 Å². The standard InChI is InChI=1S/C24H29N3O2/c28-23(26-15-7-12-19-8-3-1-4-9-19)21-14-17-25-22(18-21)24(29)27-16-13-20-10-5-2-6-11-20/h1,3-4,8-10,14,17-18H,2,5-7,11-13,15-16H2,(H,26,28)(H,27,29). The highest BCUT2D eigenvalue weighted by Gasteiger charge is 2.12. The Morgan fingerprint density at radius 1 is 0.931 bits per heavy atom. The molecule has 152 valence electrons. The van der Waals surface area contributed by atoms with Crippen molar-refractivity contribution in [2.24, 2.45) is 0 Å². The lowest BCUT2D eigenvalue weighted by Gasteiger charge is -2.13. The molecule has 1 aromatic carbocycles. The van der Waals surface area contributed by atoms with Crippen molar-refractivity contribution in [2.75, 3.05) is 13.1 Å². The van der Waals surface area contributed by atoms with Gasteiger partial charge in [0.2, 0.25) is 0 Å². The zero-order chi connectivity index (χ0) is 20.3. The second-order valence-electron chi connectivity index (χ2n) is 7.39. The molecule has 2 amide bonds. The molecule has 5 nitrogen and oxygen atoms in total. The van der Waals surface area contributed by atoms with Gasteiger partial charge in [0.15, 0.2) is 0 Å². The molecule has 1 aromatic heterocycles. The van der Waals surface area contributed by atoms with Crippen molar-refractivity contribution in [2.45, 2.75) is 44.9 Å². The van der Waals surface area contributed by atoms with E-state index in [1.54, 1.807) is 12.1 Å². The molecule has 29 heavy (non-hydrogen) atoms. The normalized spacial score (nSPS) is 13.4. The quantitative estimate of drug-likeness (QED) is 0.500. The molecule has 0 unspecified atom stereocenters. The van der Waals surface area contributed by atoms with E-state index in [2.05, 4.69) is 33.8 Å². The van der Waals surface area contributed by atoms with Crippen molar-refractivity contribution in [3.8, 4) is 0 Å². The number of nitrogens with zero attached hydrogens (tertiary/aromatic N) is 1. The van der Waals surface area contributed by atoms with Gasteiger partial charge in [0, 0.05) is 24.8 Å². The first kappa shape index (κ1) is 20.8. The van der Waals surface area contributed by atoms with Gasteiger partial charge in [0.1, 0.15) is 5.69 Å². The van der Waals surface area contributed by atoms with Gasteiger partial charge in [-0.25, -0.2) is 0 Å². The van der Waals surface area contributed by atoms with E-state index in [1.165, 1.54) is 30.2 Å². The lowest BCUT2D eigenvalue weighted by Crippen LogP contribution is -2.28. The van der Waals surface area contributed by atoms with Crippen LogP contribution in [-0.4, -0.2) is 29.9 Å². The number of amides is 2.